The lowest BCUT2D eigenvalue weighted by Gasteiger charge is -2.19. The first-order chi connectivity index (χ1) is 45.8. The second kappa shape index (κ2) is 56.4. The molecular formula is C58H100N8O28. The number of hydrogen-bond donors (Lipinski definition) is 3. The molecule has 3 rings (SSSR count). The molecule has 1 aromatic heterocycles. The van der Waals surface area contributed by atoms with Crippen molar-refractivity contribution in [2.24, 2.45) is 0 Å². The highest BCUT2D eigenvalue weighted by Crippen LogP contribution is 2.15. The van der Waals surface area contributed by atoms with Crippen molar-refractivity contribution >= 4 is 53.6 Å². The van der Waals surface area contributed by atoms with Gasteiger partial charge in [0.05, 0.1) is 237 Å². The molecule has 2 aliphatic heterocycles. The van der Waals surface area contributed by atoms with Gasteiger partial charge in [-0.15, -0.1) is 10.1 Å². The molecule has 2 fully saturated rings. The van der Waals surface area contributed by atoms with Gasteiger partial charge in [-0.25, -0.2) is 14.4 Å². The maximum atomic E-state index is 11.9. The van der Waals surface area contributed by atoms with Crippen LogP contribution in [0.1, 0.15) is 59.3 Å². The van der Waals surface area contributed by atoms with Gasteiger partial charge in [-0.3, -0.25) is 19.2 Å². The van der Waals surface area contributed by atoms with Crippen LogP contribution in [0.4, 0.5) is 16.7 Å². The molecule has 0 spiro atoms. The molecule has 1 aromatic rings. The molecule has 0 bridgehead atoms. The summed E-state index contributed by atoms with van der Waals surface area (Å²) in [5.74, 6) is -3.01. The first-order valence-corrected chi connectivity index (χ1v) is 31.6. The standard InChI is InChI=1S/C58H100N8O28/c1-58(2,3)92-57(73)61-12-17-78-46-47-91-56-63-54(59-10-15-76-20-24-81-28-32-85-36-40-89-44-42-87-38-34-83-30-26-79-22-18-74-13-8-52(71)93-65-48(67)4-5-49(65)68)62-55(64-56)60-11-16-77-21-25-82-29-33-86-37-41-90-45-43-88-39-35-84-31-27-80-23-19-75-14-9-53(72)94-66-50(69)6-7-51(66)70/h4-47H2,1-3H3,(H,61,73)(H2,59,60,62,63,64). The Balaban J connectivity index is 1.09. The Kier molecular flexibility index (Phi) is 49.5. The normalized spacial score (nSPS) is 13.4. The number of carbonyl (C=O) groups excluding carboxylic acids is 7. The van der Waals surface area contributed by atoms with Gasteiger partial charge in [0.1, 0.15) is 12.2 Å². The van der Waals surface area contributed by atoms with Gasteiger partial charge < -0.3 is 116 Å². The summed E-state index contributed by atoms with van der Waals surface area (Å²) in [5.41, 5.74) is -0.603. The quantitative estimate of drug-likeness (QED) is 0.0565. The third-order valence-corrected chi connectivity index (χ3v) is 11.6. The SMILES string of the molecule is CC(C)(C)OC(=O)NCCOCCOc1nc(NCCOCCOCCOCCOCCOCCOCCOCCOCCC(=O)ON2C(=O)CCC2=O)nc(NCCOCCOCCOCCOCCOCCOCCOCCOCCC(=O)ON2C(=O)CCC2=O)n1. The summed E-state index contributed by atoms with van der Waals surface area (Å²) in [5, 5.41) is 9.90. The number of rotatable bonds is 65. The molecule has 3 heterocycles. The molecule has 0 aromatic carbocycles. The number of hydroxylamine groups is 4. The zero-order chi connectivity index (χ0) is 67.6. The van der Waals surface area contributed by atoms with Crippen LogP contribution in [0.15, 0.2) is 0 Å². The Morgan fingerprint density at radius 1 is 0.340 bits per heavy atom. The van der Waals surface area contributed by atoms with Crippen LogP contribution in [0.5, 0.6) is 6.01 Å². The van der Waals surface area contributed by atoms with Crippen LogP contribution in [0.3, 0.4) is 0 Å². The van der Waals surface area contributed by atoms with Crippen molar-refractivity contribution in [1.29, 1.82) is 0 Å². The average Bonchev–Trinajstić information content (AvgIpc) is 1.93. The number of nitrogens with one attached hydrogen (secondary N) is 3. The molecule has 2 saturated heterocycles. The lowest BCUT2D eigenvalue weighted by atomic mass is 10.2. The van der Waals surface area contributed by atoms with E-state index in [2.05, 4.69) is 30.9 Å². The van der Waals surface area contributed by atoms with Crippen LogP contribution >= 0.6 is 0 Å². The topological polar surface area (TPSA) is 395 Å². The lowest BCUT2D eigenvalue weighted by molar-refractivity contribution is -0.198. The fourth-order valence-electron chi connectivity index (χ4n) is 7.09. The summed E-state index contributed by atoms with van der Waals surface area (Å²) in [4.78, 5) is 104. The van der Waals surface area contributed by atoms with E-state index in [4.69, 9.17) is 99.7 Å². The van der Waals surface area contributed by atoms with E-state index < -0.39 is 47.3 Å². The molecule has 3 N–H and O–H groups in total. The minimum atomic E-state index is -0.717. The fraction of sp³-hybridized carbons (Fsp3) is 0.828. The Bertz CT molecular complexity index is 2020. The molecule has 0 aliphatic carbocycles. The van der Waals surface area contributed by atoms with Crippen LogP contribution in [0.2, 0.25) is 0 Å². The largest absolute Gasteiger partial charge is 0.461 e. The van der Waals surface area contributed by atoms with E-state index >= 15 is 0 Å². The van der Waals surface area contributed by atoms with E-state index in [9.17, 15) is 33.6 Å². The highest BCUT2D eigenvalue weighted by molar-refractivity contribution is 6.02. The van der Waals surface area contributed by atoms with Gasteiger partial charge in [0, 0.05) is 45.3 Å². The molecule has 0 atom stereocenters. The highest BCUT2D eigenvalue weighted by atomic mass is 16.7. The van der Waals surface area contributed by atoms with E-state index in [1.165, 1.54) is 0 Å². The van der Waals surface area contributed by atoms with Crippen LogP contribution in [-0.4, -0.2) is 323 Å². The number of amides is 5. The number of hydrogen-bond acceptors (Lipinski definition) is 33. The molecular weight excluding hydrogens is 1260 g/mol. The van der Waals surface area contributed by atoms with Crippen molar-refractivity contribution < 1.29 is 133 Å². The summed E-state index contributed by atoms with van der Waals surface area (Å²) >= 11 is 0. The van der Waals surface area contributed by atoms with Crippen molar-refractivity contribution in [3.8, 4) is 6.01 Å². The number of imide groups is 2. The summed E-state index contributed by atoms with van der Waals surface area (Å²) in [7, 11) is 0. The van der Waals surface area contributed by atoms with Crippen molar-refractivity contribution in [2.75, 3.05) is 262 Å². The number of nitrogens with zero attached hydrogens (tertiary/aromatic N) is 5. The molecule has 36 heteroatoms. The number of carbonyl (C=O) groups is 7. The molecule has 2 aliphatic rings. The Hall–Kier alpha value is -5.78. The molecule has 0 saturated carbocycles. The lowest BCUT2D eigenvalue weighted by Crippen LogP contribution is -2.34. The van der Waals surface area contributed by atoms with E-state index in [1.807, 2.05) is 0 Å². The first kappa shape index (κ1) is 82.5. The minimum Gasteiger partial charge on any atom is -0.461 e. The van der Waals surface area contributed by atoms with Gasteiger partial charge >= 0.3 is 24.0 Å². The number of anilines is 2. The molecule has 94 heavy (non-hydrogen) atoms. The van der Waals surface area contributed by atoms with Gasteiger partial charge in [0.15, 0.2) is 0 Å². The predicted molar refractivity (Wildman–Crippen MR) is 324 cm³/mol. The monoisotopic (exact) mass is 1360 g/mol. The van der Waals surface area contributed by atoms with Crippen molar-refractivity contribution in [2.45, 2.75) is 64.9 Å². The first-order valence-electron chi connectivity index (χ1n) is 31.6. The van der Waals surface area contributed by atoms with E-state index in [1.54, 1.807) is 20.8 Å². The van der Waals surface area contributed by atoms with Gasteiger partial charge in [0.2, 0.25) is 11.9 Å². The number of alkyl carbamates (subject to hydrolysis) is 1. The van der Waals surface area contributed by atoms with Crippen LogP contribution in [0.25, 0.3) is 0 Å². The molecule has 36 nitrogen and oxygen atoms in total. The summed E-state index contributed by atoms with van der Waals surface area (Å²) in [6, 6.07) is 0.0692. The van der Waals surface area contributed by atoms with Gasteiger partial charge in [0.25, 0.3) is 23.6 Å². The number of ether oxygens (including phenoxy) is 19. The van der Waals surface area contributed by atoms with E-state index in [0.717, 1.165) is 0 Å². The van der Waals surface area contributed by atoms with Crippen molar-refractivity contribution in [3.05, 3.63) is 0 Å². The van der Waals surface area contributed by atoms with Gasteiger partial charge in [-0.2, -0.15) is 15.0 Å². The molecule has 0 unspecified atom stereocenters. The van der Waals surface area contributed by atoms with Crippen LogP contribution in [0, 0.1) is 0 Å². The van der Waals surface area contributed by atoms with E-state index in [0.29, 0.717) is 208 Å². The number of aromatic nitrogens is 3. The maximum Gasteiger partial charge on any atom is 0.407 e. The Labute approximate surface area is 548 Å². The summed E-state index contributed by atoms with van der Waals surface area (Å²) in [6.45, 7) is 18.4. The fourth-order valence-corrected chi connectivity index (χ4v) is 7.09. The van der Waals surface area contributed by atoms with Crippen molar-refractivity contribution in [3.63, 3.8) is 0 Å². The van der Waals surface area contributed by atoms with Gasteiger partial charge in [-0.05, 0) is 20.8 Å². The third kappa shape index (κ3) is 47.2. The zero-order valence-electron chi connectivity index (χ0n) is 54.8. The molecule has 5 amide bonds. The van der Waals surface area contributed by atoms with Crippen LogP contribution in [-0.2, 0) is 124 Å². The second-order valence-electron chi connectivity index (χ2n) is 20.4. The van der Waals surface area contributed by atoms with E-state index in [-0.39, 0.29) is 109 Å². The van der Waals surface area contributed by atoms with Gasteiger partial charge in [-0.1, -0.05) is 0 Å². The molecule has 0 radical (unpaired) electrons. The summed E-state index contributed by atoms with van der Waals surface area (Å²) in [6.07, 6.45) is -0.559. The highest BCUT2D eigenvalue weighted by Gasteiger charge is 2.34. The smallest absolute Gasteiger partial charge is 0.407 e. The van der Waals surface area contributed by atoms with Crippen molar-refractivity contribution in [1.82, 2.24) is 30.4 Å². The Morgan fingerprint density at radius 3 is 0.862 bits per heavy atom. The maximum absolute atomic E-state index is 11.9. The predicted octanol–water partition coefficient (Wildman–Crippen LogP) is -0.124. The Morgan fingerprint density at radius 2 is 0.585 bits per heavy atom. The second-order valence-corrected chi connectivity index (χ2v) is 20.4. The summed E-state index contributed by atoms with van der Waals surface area (Å²) < 4.78 is 105. The average molecular weight is 1360 g/mol. The zero-order valence-corrected chi connectivity index (χ0v) is 54.8. The minimum absolute atomic E-state index is 0.0406. The van der Waals surface area contributed by atoms with Crippen LogP contribution < -0.4 is 20.7 Å². The third-order valence-electron chi connectivity index (χ3n) is 11.6. The molecule has 540 valence electrons.